The predicted molar refractivity (Wildman–Crippen MR) is 97.4 cm³/mol. The molecule has 38 heavy (non-hydrogen) atoms. The third-order valence-corrected chi connectivity index (χ3v) is 5.54. The maximum atomic E-state index is 14.2. The van der Waals surface area contributed by atoms with Crippen molar-refractivity contribution in [2.45, 2.75) is 60.5 Å². The Bertz CT molecular complexity index is 1170. The van der Waals surface area contributed by atoms with Crippen LogP contribution in [0.1, 0.15) is 12.0 Å². The second-order valence-electron chi connectivity index (χ2n) is 8.01. The Kier molecular flexibility index (Phi) is 7.40. The topological polar surface area (TPSA) is 26.0 Å². The largest absolute Gasteiger partial charge is 0.460 e. The lowest BCUT2D eigenvalue weighted by molar-refractivity contribution is -0.461. The van der Waals surface area contributed by atoms with Crippen LogP contribution in [0, 0.1) is 0 Å². The SMILES string of the molecule is Nc1ccc(CCC(F)(F)C(F)(F)C(F)(F)C(F)(F)C(F)(F)C(F)(F)C(F)(F)C(F)(F)F)c2ccccc12. The van der Waals surface area contributed by atoms with Gasteiger partial charge in [0.05, 0.1) is 0 Å². The minimum absolute atomic E-state index is 0.0198. The predicted octanol–water partition coefficient (Wildman–Crippen LogP) is 8.36. The van der Waals surface area contributed by atoms with Gasteiger partial charge < -0.3 is 5.73 Å². The molecular formula is C20H12F17N. The van der Waals surface area contributed by atoms with E-state index in [-0.39, 0.29) is 22.0 Å². The number of nitrogen functional groups attached to an aromatic ring is 1. The van der Waals surface area contributed by atoms with Crippen molar-refractivity contribution in [1.29, 1.82) is 0 Å². The molecular weight excluding hydrogens is 577 g/mol. The molecule has 2 N–H and O–H groups in total. The first-order chi connectivity index (χ1) is 16.7. The van der Waals surface area contributed by atoms with E-state index in [1.807, 2.05) is 0 Å². The van der Waals surface area contributed by atoms with Crippen LogP contribution in [0.2, 0.25) is 0 Å². The first-order valence-corrected chi connectivity index (χ1v) is 9.70. The summed E-state index contributed by atoms with van der Waals surface area (Å²) in [6.45, 7) is 0. The van der Waals surface area contributed by atoms with Gasteiger partial charge in [0.15, 0.2) is 0 Å². The summed E-state index contributed by atoms with van der Waals surface area (Å²) < 4.78 is 227. The molecule has 0 spiro atoms. The van der Waals surface area contributed by atoms with Crippen molar-refractivity contribution in [2.75, 3.05) is 5.73 Å². The zero-order valence-electron chi connectivity index (χ0n) is 17.9. The zero-order chi connectivity index (χ0) is 30.0. The first kappa shape index (κ1) is 31.5. The van der Waals surface area contributed by atoms with E-state index < -0.39 is 60.5 Å². The molecule has 0 amide bonds. The number of benzene rings is 2. The molecule has 216 valence electrons. The molecule has 0 aliphatic carbocycles. The van der Waals surface area contributed by atoms with Crippen LogP contribution in [0.4, 0.5) is 80.3 Å². The van der Waals surface area contributed by atoms with Crippen LogP contribution in [0.5, 0.6) is 0 Å². The Labute approximate surface area is 200 Å². The van der Waals surface area contributed by atoms with E-state index in [4.69, 9.17) is 5.73 Å². The Balaban J connectivity index is 2.50. The van der Waals surface area contributed by atoms with E-state index in [9.17, 15) is 74.6 Å². The van der Waals surface area contributed by atoms with Crippen molar-refractivity contribution in [3.8, 4) is 0 Å². The van der Waals surface area contributed by atoms with Crippen LogP contribution in [0.3, 0.4) is 0 Å². The number of nitrogens with two attached hydrogens (primary N) is 1. The third kappa shape index (κ3) is 4.26. The number of hydrogen-bond donors (Lipinski definition) is 1. The van der Waals surface area contributed by atoms with Gasteiger partial charge in [-0.1, -0.05) is 30.3 Å². The van der Waals surface area contributed by atoms with Crippen LogP contribution in [-0.4, -0.2) is 47.6 Å². The first-order valence-electron chi connectivity index (χ1n) is 9.70. The van der Waals surface area contributed by atoms with Crippen molar-refractivity contribution < 1.29 is 74.6 Å². The lowest BCUT2D eigenvalue weighted by Gasteiger charge is -2.42. The molecule has 0 saturated carbocycles. The summed E-state index contributed by atoms with van der Waals surface area (Å²) in [5.41, 5.74) is 5.30. The summed E-state index contributed by atoms with van der Waals surface area (Å²) in [4.78, 5) is 0. The fourth-order valence-corrected chi connectivity index (χ4v) is 3.25. The van der Waals surface area contributed by atoms with Gasteiger partial charge in [0, 0.05) is 17.5 Å². The average molecular weight is 589 g/mol. The molecule has 18 heteroatoms. The molecule has 0 bridgehead atoms. The Morgan fingerprint density at radius 2 is 0.868 bits per heavy atom. The fraction of sp³-hybridized carbons (Fsp3) is 0.500. The van der Waals surface area contributed by atoms with Crippen molar-refractivity contribution in [1.82, 2.24) is 0 Å². The highest BCUT2D eigenvalue weighted by Crippen LogP contribution is 2.64. The smallest absolute Gasteiger partial charge is 0.398 e. The highest BCUT2D eigenvalue weighted by Gasteiger charge is 2.95. The number of halogens is 17. The van der Waals surface area contributed by atoms with E-state index >= 15 is 0 Å². The summed E-state index contributed by atoms with van der Waals surface area (Å²) >= 11 is 0. The van der Waals surface area contributed by atoms with Crippen LogP contribution in [-0.2, 0) is 6.42 Å². The minimum atomic E-state index is -8.63. The second kappa shape index (κ2) is 8.93. The monoisotopic (exact) mass is 589 g/mol. The van der Waals surface area contributed by atoms with Gasteiger partial charge in [-0.2, -0.15) is 74.6 Å². The van der Waals surface area contributed by atoms with E-state index in [0.717, 1.165) is 12.1 Å². The van der Waals surface area contributed by atoms with Gasteiger partial charge in [0.2, 0.25) is 0 Å². The molecule has 0 radical (unpaired) electrons. The van der Waals surface area contributed by atoms with E-state index in [0.29, 0.717) is 0 Å². The highest BCUT2D eigenvalue weighted by molar-refractivity contribution is 5.95. The molecule has 0 saturated heterocycles. The van der Waals surface area contributed by atoms with Crippen LogP contribution >= 0.6 is 0 Å². The van der Waals surface area contributed by atoms with E-state index in [1.54, 1.807) is 0 Å². The van der Waals surface area contributed by atoms with Crippen LogP contribution in [0.15, 0.2) is 36.4 Å². The summed E-state index contributed by atoms with van der Waals surface area (Å²) in [6.07, 6.45) is -11.7. The normalized spacial score (nSPS) is 15.3. The van der Waals surface area contributed by atoms with Crippen molar-refractivity contribution in [3.63, 3.8) is 0 Å². The standard InChI is InChI=1S/C20H12F17N/c21-13(22,8-7-9-5-6-12(38)11-4-2-1-3-10(9)11)14(23,24)15(25,26)16(27,28)17(29,30)18(31,32)19(33,34)20(35,36)37/h1-6H,7-8,38H2. The molecule has 0 aromatic heterocycles. The minimum Gasteiger partial charge on any atom is -0.398 e. The third-order valence-electron chi connectivity index (χ3n) is 5.54. The van der Waals surface area contributed by atoms with Crippen LogP contribution in [0.25, 0.3) is 10.8 Å². The van der Waals surface area contributed by atoms with Gasteiger partial charge >= 0.3 is 47.6 Å². The lowest BCUT2D eigenvalue weighted by atomic mass is 9.87. The number of anilines is 1. The number of alkyl halides is 17. The number of aryl methyl sites for hydroxylation is 1. The highest BCUT2D eigenvalue weighted by atomic mass is 19.4. The fourth-order valence-electron chi connectivity index (χ4n) is 3.25. The molecule has 0 unspecified atom stereocenters. The van der Waals surface area contributed by atoms with Gasteiger partial charge in [-0.05, 0) is 23.4 Å². The molecule has 2 rings (SSSR count). The zero-order valence-corrected chi connectivity index (χ0v) is 17.9. The van der Waals surface area contributed by atoms with Gasteiger partial charge in [-0.3, -0.25) is 0 Å². The number of fused-ring (bicyclic) bond motifs is 1. The van der Waals surface area contributed by atoms with Gasteiger partial charge in [-0.15, -0.1) is 0 Å². The van der Waals surface area contributed by atoms with Crippen molar-refractivity contribution in [3.05, 3.63) is 42.0 Å². The second-order valence-corrected chi connectivity index (χ2v) is 8.01. The summed E-state index contributed by atoms with van der Waals surface area (Å²) in [6, 6.07) is 7.11. The molecule has 2 aromatic carbocycles. The Morgan fingerprint density at radius 1 is 0.474 bits per heavy atom. The van der Waals surface area contributed by atoms with Crippen molar-refractivity contribution in [2.24, 2.45) is 0 Å². The molecule has 0 atom stereocenters. The molecule has 1 nitrogen and oxygen atoms in total. The van der Waals surface area contributed by atoms with Crippen LogP contribution < -0.4 is 5.73 Å². The van der Waals surface area contributed by atoms with Gasteiger partial charge in [0.25, 0.3) is 0 Å². The summed E-state index contributed by atoms with van der Waals surface area (Å²) in [5, 5.41) is 0.105. The maximum Gasteiger partial charge on any atom is 0.460 e. The number of hydrogen-bond acceptors (Lipinski definition) is 1. The van der Waals surface area contributed by atoms with Gasteiger partial charge in [0.1, 0.15) is 0 Å². The Morgan fingerprint density at radius 3 is 1.32 bits per heavy atom. The van der Waals surface area contributed by atoms with E-state index in [1.165, 1.54) is 24.3 Å². The molecule has 0 aliphatic heterocycles. The van der Waals surface area contributed by atoms with Gasteiger partial charge in [-0.25, -0.2) is 0 Å². The lowest BCUT2D eigenvalue weighted by Crippen LogP contribution is -2.74. The maximum absolute atomic E-state index is 14.2. The molecule has 0 fully saturated rings. The molecule has 2 aromatic rings. The van der Waals surface area contributed by atoms with E-state index in [2.05, 4.69) is 0 Å². The molecule has 0 heterocycles. The number of rotatable bonds is 9. The Hall–Kier alpha value is -2.69. The average Bonchev–Trinajstić information content (AvgIpc) is 2.77. The molecule has 0 aliphatic rings. The quantitative estimate of drug-likeness (QED) is 0.231. The summed E-state index contributed by atoms with van der Waals surface area (Å²) in [5.74, 6) is -56.3. The summed E-state index contributed by atoms with van der Waals surface area (Å²) in [7, 11) is 0. The van der Waals surface area contributed by atoms with Crippen molar-refractivity contribution >= 4 is 16.5 Å².